The smallest absolute Gasteiger partial charge is 0.0184 e. The molecule has 2 heteroatoms. The third kappa shape index (κ3) is 6.32. The first-order valence-corrected chi connectivity index (χ1v) is 4.53. The van der Waals surface area contributed by atoms with Crippen molar-refractivity contribution in [2.24, 2.45) is 5.92 Å². The van der Waals surface area contributed by atoms with E-state index >= 15 is 0 Å². The molecule has 0 spiro atoms. The van der Waals surface area contributed by atoms with Gasteiger partial charge in [-0.25, -0.2) is 5.01 Å². The summed E-state index contributed by atoms with van der Waals surface area (Å²) in [7, 11) is 2.10. The molecule has 0 amide bonds. The van der Waals surface area contributed by atoms with Crippen molar-refractivity contribution < 1.29 is 0 Å². The van der Waals surface area contributed by atoms with Crippen LogP contribution in [0.3, 0.4) is 0 Å². The van der Waals surface area contributed by atoms with Crippen LogP contribution in [0.1, 0.15) is 34.1 Å². The van der Waals surface area contributed by atoms with Crippen molar-refractivity contribution in [1.82, 2.24) is 10.4 Å². The molecule has 1 unspecified atom stereocenters. The van der Waals surface area contributed by atoms with Crippen molar-refractivity contribution in [2.45, 2.75) is 40.2 Å². The van der Waals surface area contributed by atoms with Crippen molar-refractivity contribution in [2.75, 3.05) is 13.6 Å². The van der Waals surface area contributed by atoms with Crippen LogP contribution in [-0.4, -0.2) is 24.6 Å². The van der Waals surface area contributed by atoms with Crippen LogP contribution in [0.25, 0.3) is 0 Å². The first-order chi connectivity index (χ1) is 5.06. The summed E-state index contributed by atoms with van der Waals surface area (Å²) < 4.78 is 0. The van der Waals surface area contributed by atoms with E-state index in [-0.39, 0.29) is 0 Å². The summed E-state index contributed by atoms with van der Waals surface area (Å²) in [4.78, 5) is 0. The predicted molar refractivity (Wildman–Crippen MR) is 50.4 cm³/mol. The van der Waals surface area contributed by atoms with E-state index in [4.69, 9.17) is 0 Å². The first-order valence-electron chi connectivity index (χ1n) is 4.53. The third-order valence-electron chi connectivity index (χ3n) is 1.69. The molecule has 0 aliphatic heterocycles. The van der Waals surface area contributed by atoms with Gasteiger partial charge in [-0.15, -0.1) is 0 Å². The Morgan fingerprint density at radius 2 is 1.82 bits per heavy atom. The molecule has 0 bridgehead atoms. The van der Waals surface area contributed by atoms with Gasteiger partial charge < -0.3 is 0 Å². The van der Waals surface area contributed by atoms with Crippen molar-refractivity contribution in [3.05, 3.63) is 0 Å². The summed E-state index contributed by atoms with van der Waals surface area (Å²) in [5.74, 6) is 0.733. The first kappa shape index (κ1) is 10.9. The van der Waals surface area contributed by atoms with Crippen LogP contribution in [0.15, 0.2) is 0 Å². The Morgan fingerprint density at radius 3 is 2.18 bits per heavy atom. The molecule has 0 aliphatic rings. The lowest BCUT2D eigenvalue weighted by Crippen LogP contribution is -2.42. The number of hydrazine groups is 1. The Bertz CT molecular complexity index is 91.6. The quantitative estimate of drug-likeness (QED) is 0.615. The van der Waals surface area contributed by atoms with Gasteiger partial charge in [0.15, 0.2) is 0 Å². The monoisotopic (exact) mass is 158 g/mol. The minimum absolute atomic E-state index is 0.596. The van der Waals surface area contributed by atoms with Crippen LogP contribution in [-0.2, 0) is 0 Å². The van der Waals surface area contributed by atoms with E-state index in [0.717, 1.165) is 12.5 Å². The summed E-state index contributed by atoms with van der Waals surface area (Å²) in [6, 6.07) is 0.596. The molecule has 0 fully saturated rings. The van der Waals surface area contributed by atoms with Crippen molar-refractivity contribution in [1.29, 1.82) is 0 Å². The van der Waals surface area contributed by atoms with Crippen molar-refractivity contribution in [3.63, 3.8) is 0 Å². The number of hydrogen-bond donors (Lipinski definition) is 1. The molecule has 1 N–H and O–H groups in total. The predicted octanol–water partition coefficient (Wildman–Crippen LogP) is 1.88. The van der Waals surface area contributed by atoms with Crippen LogP contribution in [0, 0.1) is 5.92 Å². The Kier molecular flexibility index (Phi) is 5.51. The second-order valence-electron chi connectivity index (χ2n) is 3.71. The molecule has 2 nitrogen and oxygen atoms in total. The third-order valence-corrected chi connectivity index (χ3v) is 1.69. The van der Waals surface area contributed by atoms with Crippen LogP contribution in [0.2, 0.25) is 0 Å². The van der Waals surface area contributed by atoms with E-state index in [1.165, 1.54) is 6.42 Å². The highest BCUT2D eigenvalue weighted by molar-refractivity contribution is 4.56. The molecule has 0 aromatic carbocycles. The molecule has 0 heterocycles. The second kappa shape index (κ2) is 5.56. The fourth-order valence-electron chi connectivity index (χ4n) is 1.07. The van der Waals surface area contributed by atoms with Gasteiger partial charge >= 0.3 is 0 Å². The van der Waals surface area contributed by atoms with E-state index in [0.29, 0.717) is 6.04 Å². The largest absolute Gasteiger partial charge is 0.253 e. The molecular weight excluding hydrogens is 136 g/mol. The number of hydrogen-bond acceptors (Lipinski definition) is 2. The van der Waals surface area contributed by atoms with Gasteiger partial charge in [0.05, 0.1) is 0 Å². The van der Waals surface area contributed by atoms with E-state index < -0.39 is 0 Å². The topological polar surface area (TPSA) is 15.3 Å². The average Bonchev–Trinajstić information content (AvgIpc) is 1.85. The number of rotatable bonds is 5. The lowest BCUT2D eigenvalue weighted by molar-refractivity contribution is 0.181. The lowest BCUT2D eigenvalue weighted by atomic mass is 10.2. The molecule has 1 atom stereocenters. The Balaban J connectivity index is 3.43. The van der Waals surface area contributed by atoms with E-state index in [1.54, 1.807) is 0 Å². The van der Waals surface area contributed by atoms with E-state index in [1.807, 2.05) is 0 Å². The molecule has 0 saturated carbocycles. The second-order valence-corrected chi connectivity index (χ2v) is 3.71. The van der Waals surface area contributed by atoms with Crippen LogP contribution < -0.4 is 5.43 Å². The Morgan fingerprint density at radius 1 is 1.27 bits per heavy atom. The standard InChI is InChI=1S/C9H22N2/c1-6-9(4)10-11(5)7-8(2)3/h8-10H,6-7H2,1-5H3. The molecule has 68 valence electrons. The molecule has 0 rings (SSSR count). The average molecular weight is 158 g/mol. The number of nitrogens with one attached hydrogen (secondary N) is 1. The van der Waals surface area contributed by atoms with Crippen LogP contribution in [0.5, 0.6) is 0 Å². The van der Waals surface area contributed by atoms with Gasteiger partial charge in [0.2, 0.25) is 0 Å². The Labute approximate surface area is 70.9 Å². The van der Waals surface area contributed by atoms with E-state index in [2.05, 4.69) is 45.2 Å². The Hall–Kier alpha value is -0.0800. The zero-order chi connectivity index (χ0) is 8.85. The molecular formula is C9H22N2. The summed E-state index contributed by atoms with van der Waals surface area (Å²) >= 11 is 0. The SMILES string of the molecule is CCC(C)NN(C)CC(C)C. The van der Waals surface area contributed by atoms with E-state index in [9.17, 15) is 0 Å². The molecule has 0 radical (unpaired) electrons. The van der Waals surface area contributed by atoms with Crippen LogP contribution >= 0.6 is 0 Å². The van der Waals surface area contributed by atoms with Gasteiger partial charge in [-0.2, -0.15) is 0 Å². The lowest BCUT2D eigenvalue weighted by Gasteiger charge is -2.23. The number of nitrogens with zero attached hydrogens (tertiary/aromatic N) is 1. The minimum atomic E-state index is 0.596. The highest BCUT2D eigenvalue weighted by Crippen LogP contribution is 1.95. The molecule has 0 aromatic rings. The maximum atomic E-state index is 3.39. The van der Waals surface area contributed by atoms with Gasteiger partial charge in [-0.05, 0) is 19.3 Å². The van der Waals surface area contributed by atoms with Gasteiger partial charge in [-0.3, -0.25) is 5.43 Å². The zero-order valence-corrected chi connectivity index (χ0v) is 8.52. The highest BCUT2D eigenvalue weighted by Gasteiger charge is 2.03. The highest BCUT2D eigenvalue weighted by atomic mass is 15.5. The zero-order valence-electron chi connectivity index (χ0n) is 8.52. The molecule has 11 heavy (non-hydrogen) atoms. The van der Waals surface area contributed by atoms with Gasteiger partial charge in [0.25, 0.3) is 0 Å². The fraction of sp³-hybridized carbons (Fsp3) is 1.00. The molecule has 0 aromatic heterocycles. The summed E-state index contributed by atoms with van der Waals surface area (Å²) in [5.41, 5.74) is 3.39. The summed E-state index contributed by atoms with van der Waals surface area (Å²) in [6.45, 7) is 9.98. The van der Waals surface area contributed by atoms with Crippen molar-refractivity contribution in [3.8, 4) is 0 Å². The molecule has 0 saturated heterocycles. The van der Waals surface area contributed by atoms with Gasteiger partial charge in [0.1, 0.15) is 0 Å². The fourth-order valence-corrected chi connectivity index (χ4v) is 1.07. The minimum Gasteiger partial charge on any atom is -0.253 e. The van der Waals surface area contributed by atoms with Gasteiger partial charge in [0, 0.05) is 19.6 Å². The maximum absolute atomic E-state index is 3.39. The maximum Gasteiger partial charge on any atom is 0.0184 e. The summed E-state index contributed by atoms with van der Waals surface area (Å²) in [6.07, 6.45) is 1.18. The normalized spacial score (nSPS) is 14.5. The van der Waals surface area contributed by atoms with Crippen molar-refractivity contribution >= 4 is 0 Å². The van der Waals surface area contributed by atoms with Crippen LogP contribution in [0.4, 0.5) is 0 Å². The van der Waals surface area contributed by atoms with Gasteiger partial charge in [-0.1, -0.05) is 20.8 Å². The summed E-state index contributed by atoms with van der Waals surface area (Å²) in [5, 5.41) is 2.18. The molecule has 0 aliphatic carbocycles.